The third-order valence-corrected chi connectivity index (χ3v) is 2.54. The Labute approximate surface area is 104 Å². The van der Waals surface area contributed by atoms with Crippen LogP contribution in [0.15, 0.2) is 10.7 Å². The van der Waals surface area contributed by atoms with E-state index in [0.29, 0.717) is 6.61 Å². The molecule has 0 saturated carbocycles. The molecule has 0 amide bonds. The Kier molecular flexibility index (Phi) is 4.95. The van der Waals surface area contributed by atoms with Crippen molar-refractivity contribution in [3.63, 3.8) is 0 Å². The van der Waals surface area contributed by atoms with Crippen molar-refractivity contribution in [3.05, 3.63) is 10.7 Å². The van der Waals surface area contributed by atoms with Crippen molar-refractivity contribution < 1.29 is 4.74 Å². The number of nitrogen functional groups attached to an aromatic ring is 1. The van der Waals surface area contributed by atoms with Gasteiger partial charge in [-0.3, -0.25) is 0 Å². The molecule has 1 aromatic rings. The number of nitrogens with zero attached hydrogens (tertiary/aromatic N) is 3. The summed E-state index contributed by atoms with van der Waals surface area (Å²) in [6.07, 6.45) is 1.89. The van der Waals surface area contributed by atoms with Gasteiger partial charge in [0.05, 0.1) is 17.2 Å². The van der Waals surface area contributed by atoms with Gasteiger partial charge in [0.1, 0.15) is 5.82 Å². The van der Waals surface area contributed by atoms with Crippen LogP contribution in [0.4, 0.5) is 11.8 Å². The van der Waals surface area contributed by atoms with Gasteiger partial charge in [-0.1, -0.05) is 0 Å². The van der Waals surface area contributed by atoms with Crippen molar-refractivity contribution in [2.75, 3.05) is 30.8 Å². The van der Waals surface area contributed by atoms with Crippen molar-refractivity contribution in [3.8, 4) is 0 Å². The van der Waals surface area contributed by atoms with Crippen LogP contribution >= 0.6 is 15.9 Å². The average Bonchev–Trinajstić information content (AvgIpc) is 2.21. The van der Waals surface area contributed by atoms with E-state index in [1.807, 2.05) is 25.8 Å². The lowest BCUT2D eigenvalue weighted by Gasteiger charge is -2.20. The fourth-order valence-corrected chi connectivity index (χ4v) is 1.66. The molecule has 1 rings (SSSR count). The van der Waals surface area contributed by atoms with E-state index in [4.69, 9.17) is 10.5 Å². The minimum atomic E-state index is 0.243. The zero-order valence-corrected chi connectivity index (χ0v) is 11.4. The van der Waals surface area contributed by atoms with Crippen LogP contribution < -0.4 is 10.6 Å². The first-order valence-corrected chi connectivity index (χ1v) is 5.90. The van der Waals surface area contributed by atoms with Crippen LogP contribution in [0.5, 0.6) is 0 Å². The minimum absolute atomic E-state index is 0.243. The van der Waals surface area contributed by atoms with Crippen LogP contribution in [0, 0.1) is 0 Å². The predicted molar refractivity (Wildman–Crippen MR) is 68.5 cm³/mol. The first kappa shape index (κ1) is 13.2. The molecule has 0 atom stereocenters. The Morgan fingerprint density at radius 1 is 1.56 bits per heavy atom. The quantitative estimate of drug-likeness (QED) is 0.893. The normalized spacial score (nSPS) is 10.8. The standard InChI is InChI=1S/C10H17BrN4O/c1-7(2)16-5-4-15(3)9-8(11)6-13-10(12)14-9/h6-7H,4-5H2,1-3H3,(H2,12,13,14). The van der Waals surface area contributed by atoms with Gasteiger partial charge in [-0.2, -0.15) is 4.98 Å². The lowest BCUT2D eigenvalue weighted by molar-refractivity contribution is 0.0845. The van der Waals surface area contributed by atoms with Crippen molar-refractivity contribution in [1.82, 2.24) is 9.97 Å². The zero-order chi connectivity index (χ0) is 12.1. The number of aromatic nitrogens is 2. The van der Waals surface area contributed by atoms with Crippen LogP contribution in [0.25, 0.3) is 0 Å². The van der Waals surface area contributed by atoms with Gasteiger partial charge in [0, 0.05) is 19.8 Å². The first-order chi connectivity index (χ1) is 7.50. The van der Waals surface area contributed by atoms with E-state index in [2.05, 4.69) is 25.9 Å². The number of nitrogens with two attached hydrogens (primary N) is 1. The maximum Gasteiger partial charge on any atom is 0.222 e. The Balaban J connectivity index is 2.58. The lowest BCUT2D eigenvalue weighted by Crippen LogP contribution is -2.25. The molecule has 5 nitrogen and oxygen atoms in total. The maximum atomic E-state index is 5.54. The van der Waals surface area contributed by atoms with Crippen LogP contribution in [0.3, 0.4) is 0 Å². The molecule has 0 radical (unpaired) electrons. The van der Waals surface area contributed by atoms with Crippen molar-refractivity contribution in [2.24, 2.45) is 0 Å². The second-order valence-electron chi connectivity index (χ2n) is 3.74. The fraction of sp³-hybridized carbons (Fsp3) is 0.600. The fourth-order valence-electron chi connectivity index (χ4n) is 1.17. The van der Waals surface area contributed by atoms with Gasteiger partial charge < -0.3 is 15.4 Å². The van der Waals surface area contributed by atoms with Gasteiger partial charge in [-0.05, 0) is 29.8 Å². The van der Waals surface area contributed by atoms with Gasteiger partial charge >= 0.3 is 0 Å². The molecule has 1 aromatic heterocycles. The molecule has 6 heteroatoms. The summed E-state index contributed by atoms with van der Waals surface area (Å²) < 4.78 is 6.30. The maximum absolute atomic E-state index is 5.54. The summed E-state index contributed by atoms with van der Waals surface area (Å²) in [5.41, 5.74) is 5.54. The Morgan fingerprint density at radius 2 is 2.25 bits per heavy atom. The molecule has 0 fully saturated rings. The number of anilines is 2. The van der Waals surface area contributed by atoms with Gasteiger partial charge in [0.25, 0.3) is 0 Å². The van der Waals surface area contributed by atoms with Crippen molar-refractivity contribution >= 4 is 27.7 Å². The van der Waals surface area contributed by atoms with E-state index < -0.39 is 0 Å². The van der Waals surface area contributed by atoms with Gasteiger partial charge in [-0.15, -0.1) is 0 Å². The Morgan fingerprint density at radius 3 is 2.88 bits per heavy atom. The smallest absolute Gasteiger partial charge is 0.222 e. The molecule has 0 spiro atoms. The third-order valence-electron chi connectivity index (χ3n) is 1.98. The van der Waals surface area contributed by atoms with Gasteiger partial charge in [0.2, 0.25) is 5.95 Å². The summed E-state index contributed by atoms with van der Waals surface area (Å²) in [5, 5.41) is 0. The van der Waals surface area contributed by atoms with Crippen molar-refractivity contribution in [2.45, 2.75) is 20.0 Å². The molecule has 1 heterocycles. The highest BCUT2D eigenvalue weighted by molar-refractivity contribution is 9.10. The second-order valence-corrected chi connectivity index (χ2v) is 4.60. The van der Waals surface area contributed by atoms with E-state index in [0.717, 1.165) is 16.8 Å². The molecule has 0 saturated heterocycles. The average molecular weight is 289 g/mol. The summed E-state index contributed by atoms with van der Waals surface area (Å²) >= 11 is 3.39. The lowest BCUT2D eigenvalue weighted by atomic mass is 10.4. The predicted octanol–water partition coefficient (Wildman–Crippen LogP) is 1.68. The topological polar surface area (TPSA) is 64.3 Å². The molecule has 2 N–H and O–H groups in total. The molecular formula is C10H17BrN4O. The zero-order valence-electron chi connectivity index (χ0n) is 9.77. The van der Waals surface area contributed by atoms with Crippen molar-refractivity contribution in [1.29, 1.82) is 0 Å². The molecule has 0 bridgehead atoms. The number of likely N-dealkylation sites (N-methyl/N-ethyl adjacent to an activating group) is 1. The molecule has 90 valence electrons. The highest BCUT2D eigenvalue weighted by atomic mass is 79.9. The SMILES string of the molecule is CC(C)OCCN(C)c1nc(N)ncc1Br. The largest absolute Gasteiger partial charge is 0.377 e. The first-order valence-electron chi connectivity index (χ1n) is 5.11. The van der Waals surface area contributed by atoms with E-state index >= 15 is 0 Å². The Hall–Kier alpha value is -0.880. The minimum Gasteiger partial charge on any atom is -0.377 e. The van der Waals surface area contributed by atoms with E-state index in [9.17, 15) is 0 Å². The molecule has 0 unspecified atom stereocenters. The molecule has 16 heavy (non-hydrogen) atoms. The highest BCUT2D eigenvalue weighted by Crippen LogP contribution is 2.22. The van der Waals surface area contributed by atoms with E-state index in [-0.39, 0.29) is 12.1 Å². The monoisotopic (exact) mass is 288 g/mol. The van der Waals surface area contributed by atoms with Crippen LogP contribution in [-0.4, -0.2) is 36.3 Å². The summed E-state index contributed by atoms with van der Waals surface area (Å²) in [6.45, 7) is 5.44. The summed E-state index contributed by atoms with van der Waals surface area (Å²) in [6, 6.07) is 0. The number of halogens is 1. The summed E-state index contributed by atoms with van der Waals surface area (Å²) in [7, 11) is 1.94. The number of ether oxygens (including phenoxy) is 1. The van der Waals surface area contributed by atoms with Crippen LogP contribution in [0.2, 0.25) is 0 Å². The third kappa shape index (κ3) is 3.94. The summed E-state index contributed by atoms with van der Waals surface area (Å²) in [4.78, 5) is 10.0. The molecule has 0 aliphatic rings. The molecule has 0 aliphatic carbocycles. The number of hydrogen-bond donors (Lipinski definition) is 1. The molecule has 0 aliphatic heterocycles. The Bertz CT molecular complexity index is 346. The number of rotatable bonds is 5. The highest BCUT2D eigenvalue weighted by Gasteiger charge is 2.08. The summed E-state index contributed by atoms with van der Waals surface area (Å²) in [5.74, 6) is 1.05. The van der Waals surface area contributed by atoms with Gasteiger partial charge in [-0.25, -0.2) is 4.98 Å². The number of hydrogen-bond acceptors (Lipinski definition) is 5. The van der Waals surface area contributed by atoms with Crippen LogP contribution in [-0.2, 0) is 4.74 Å². The molecular weight excluding hydrogens is 272 g/mol. The molecule has 0 aromatic carbocycles. The van der Waals surface area contributed by atoms with E-state index in [1.54, 1.807) is 6.20 Å². The second kappa shape index (κ2) is 6.00. The van der Waals surface area contributed by atoms with Gasteiger partial charge in [0.15, 0.2) is 0 Å². The van der Waals surface area contributed by atoms with Crippen LogP contribution in [0.1, 0.15) is 13.8 Å². The van der Waals surface area contributed by atoms with E-state index in [1.165, 1.54) is 0 Å².